The van der Waals surface area contributed by atoms with E-state index in [1.54, 1.807) is 40.2 Å². The highest BCUT2D eigenvalue weighted by atomic mass is 19.1. The molecule has 0 bridgehead atoms. The third-order valence-electron chi connectivity index (χ3n) is 6.61. The fourth-order valence-corrected chi connectivity index (χ4v) is 4.68. The van der Waals surface area contributed by atoms with Crippen LogP contribution in [0.3, 0.4) is 0 Å². The van der Waals surface area contributed by atoms with Gasteiger partial charge in [-0.05, 0) is 23.8 Å². The molecular weight excluding hydrogens is 519 g/mol. The summed E-state index contributed by atoms with van der Waals surface area (Å²) in [5.41, 5.74) is 2.32. The molecule has 210 valence electrons. The minimum atomic E-state index is -0.442. The Morgan fingerprint density at radius 2 is 1.95 bits per heavy atom. The molecule has 14 heteroatoms. The molecule has 0 saturated carbocycles. The molecule has 0 spiro atoms. The van der Waals surface area contributed by atoms with Crippen LogP contribution < -0.4 is 15.5 Å². The number of aromatic nitrogens is 6. The van der Waals surface area contributed by atoms with Crippen LogP contribution in [0.5, 0.6) is 0 Å². The lowest BCUT2D eigenvalue weighted by Gasteiger charge is -2.27. The van der Waals surface area contributed by atoms with Crippen molar-refractivity contribution in [3.8, 4) is 0 Å². The molecule has 0 unspecified atom stereocenters. The van der Waals surface area contributed by atoms with Crippen LogP contribution in [-0.4, -0.2) is 92.2 Å². The van der Waals surface area contributed by atoms with E-state index in [0.29, 0.717) is 54.8 Å². The summed E-state index contributed by atoms with van der Waals surface area (Å²) in [6.07, 6.45) is 6.63. The molecule has 4 aromatic rings. The van der Waals surface area contributed by atoms with Crippen molar-refractivity contribution in [2.75, 3.05) is 56.2 Å². The lowest BCUT2D eigenvalue weighted by molar-refractivity contribution is -0.132. The SMILES string of the molecule is C.O=C(Cn1cc(Nc2ncc3cnn(Cc4cc(F)cc(N5CCOCC5=O)c4)c3n2)cn1)N1CCNCC1. The van der Waals surface area contributed by atoms with Gasteiger partial charge in [-0.3, -0.25) is 14.3 Å². The molecule has 1 aromatic carbocycles. The number of benzene rings is 1. The van der Waals surface area contributed by atoms with Crippen LogP contribution in [-0.2, 0) is 27.4 Å². The molecular formula is C26H31FN10O3. The van der Waals surface area contributed by atoms with Crippen molar-refractivity contribution in [3.63, 3.8) is 0 Å². The Kier molecular flexibility index (Phi) is 7.98. The molecule has 2 fully saturated rings. The van der Waals surface area contributed by atoms with Gasteiger partial charge in [0.05, 0.1) is 36.6 Å². The molecule has 0 aliphatic carbocycles. The number of fused-ring (bicyclic) bond motifs is 1. The van der Waals surface area contributed by atoms with Crippen LogP contribution in [0.2, 0.25) is 0 Å². The second-order valence-corrected chi connectivity index (χ2v) is 9.37. The van der Waals surface area contributed by atoms with E-state index in [9.17, 15) is 14.0 Å². The van der Waals surface area contributed by atoms with Gasteiger partial charge in [0, 0.05) is 50.8 Å². The summed E-state index contributed by atoms with van der Waals surface area (Å²) in [6, 6.07) is 4.53. The number of ether oxygens (including phenoxy) is 1. The first-order valence-corrected chi connectivity index (χ1v) is 12.7. The molecule has 2 saturated heterocycles. The molecule has 0 atom stereocenters. The highest BCUT2D eigenvalue weighted by Crippen LogP contribution is 2.23. The van der Waals surface area contributed by atoms with Crippen molar-refractivity contribution in [3.05, 3.63) is 54.4 Å². The number of carbonyl (C=O) groups is 2. The largest absolute Gasteiger partial charge is 0.370 e. The van der Waals surface area contributed by atoms with Crippen molar-refractivity contribution in [1.29, 1.82) is 0 Å². The number of morpholine rings is 1. The number of piperazine rings is 1. The smallest absolute Gasteiger partial charge is 0.253 e. The lowest BCUT2D eigenvalue weighted by atomic mass is 10.1. The van der Waals surface area contributed by atoms with Gasteiger partial charge in [-0.2, -0.15) is 15.2 Å². The molecule has 6 rings (SSSR count). The first kappa shape index (κ1) is 27.1. The van der Waals surface area contributed by atoms with Crippen LogP contribution in [0.4, 0.5) is 21.7 Å². The topological polar surface area (TPSA) is 135 Å². The second kappa shape index (κ2) is 11.8. The average Bonchev–Trinajstić information content (AvgIpc) is 3.55. The number of nitrogens with zero attached hydrogens (tertiary/aromatic N) is 8. The van der Waals surface area contributed by atoms with Gasteiger partial charge in [0.1, 0.15) is 19.0 Å². The van der Waals surface area contributed by atoms with Crippen LogP contribution in [0.15, 0.2) is 43.0 Å². The summed E-state index contributed by atoms with van der Waals surface area (Å²) in [6.45, 7) is 4.12. The number of hydrogen-bond acceptors (Lipinski definition) is 9. The molecule has 40 heavy (non-hydrogen) atoms. The normalized spacial score (nSPS) is 15.8. The summed E-state index contributed by atoms with van der Waals surface area (Å²) in [4.78, 5) is 37.1. The molecule has 13 nitrogen and oxygen atoms in total. The maximum absolute atomic E-state index is 14.5. The first-order valence-electron chi connectivity index (χ1n) is 12.7. The fourth-order valence-electron chi connectivity index (χ4n) is 4.68. The van der Waals surface area contributed by atoms with Gasteiger partial charge in [0.2, 0.25) is 11.9 Å². The predicted molar refractivity (Wildman–Crippen MR) is 146 cm³/mol. The van der Waals surface area contributed by atoms with Crippen molar-refractivity contribution >= 4 is 40.2 Å². The van der Waals surface area contributed by atoms with Crippen molar-refractivity contribution < 1.29 is 18.7 Å². The number of amides is 2. The number of carbonyl (C=O) groups excluding carboxylic acids is 2. The predicted octanol–water partition coefficient (Wildman–Crippen LogP) is 1.38. The average molecular weight is 551 g/mol. The molecule has 2 aliphatic heterocycles. The van der Waals surface area contributed by atoms with Crippen LogP contribution >= 0.6 is 0 Å². The Hall–Kier alpha value is -4.43. The van der Waals surface area contributed by atoms with Gasteiger partial charge < -0.3 is 25.2 Å². The third-order valence-corrected chi connectivity index (χ3v) is 6.61. The Labute approximate surface area is 229 Å². The summed E-state index contributed by atoms with van der Waals surface area (Å²) in [5, 5.41) is 15.8. The van der Waals surface area contributed by atoms with E-state index in [0.717, 1.165) is 18.5 Å². The number of halogens is 1. The van der Waals surface area contributed by atoms with E-state index in [1.807, 2.05) is 4.90 Å². The first-order chi connectivity index (χ1) is 19.0. The van der Waals surface area contributed by atoms with Gasteiger partial charge in [-0.1, -0.05) is 7.43 Å². The highest BCUT2D eigenvalue weighted by Gasteiger charge is 2.21. The zero-order valence-corrected chi connectivity index (χ0v) is 21.1. The molecule has 5 heterocycles. The van der Waals surface area contributed by atoms with Crippen molar-refractivity contribution in [2.24, 2.45) is 0 Å². The molecule has 3 aromatic heterocycles. The van der Waals surface area contributed by atoms with E-state index < -0.39 is 5.82 Å². The molecule has 2 aliphatic rings. The molecule has 2 amide bonds. The standard InChI is InChI=1S/C25H27FN10O3.CH4/c26-19-7-17(8-21(9-19)35-5-6-39-16-23(35)38)13-36-24-18(11-30-36)10-28-25(32-24)31-20-12-29-34(14-20)15-22(37)33-3-1-27-2-4-33;/h7-12,14,27H,1-6,13,15-16H2,(H,28,31,32);1H4. The molecule has 2 N–H and O–H groups in total. The van der Waals surface area contributed by atoms with E-state index in [2.05, 4.69) is 30.8 Å². The lowest BCUT2D eigenvalue weighted by Crippen LogP contribution is -2.47. The Bertz CT molecular complexity index is 1510. The Morgan fingerprint density at radius 1 is 1.10 bits per heavy atom. The maximum Gasteiger partial charge on any atom is 0.253 e. The third kappa shape index (κ3) is 5.92. The zero-order chi connectivity index (χ0) is 26.8. The van der Waals surface area contributed by atoms with Gasteiger partial charge in [0.15, 0.2) is 5.65 Å². The fraction of sp³-hybridized carbons (Fsp3) is 0.385. The number of hydrogen-bond donors (Lipinski definition) is 2. The zero-order valence-electron chi connectivity index (χ0n) is 21.1. The van der Waals surface area contributed by atoms with E-state index in [1.165, 1.54) is 17.0 Å². The highest BCUT2D eigenvalue weighted by molar-refractivity contribution is 5.95. The number of anilines is 3. The summed E-state index contributed by atoms with van der Waals surface area (Å²) < 4.78 is 22.9. The minimum Gasteiger partial charge on any atom is -0.370 e. The van der Waals surface area contributed by atoms with E-state index in [4.69, 9.17) is 4.74 Å². The van der Waals surface area contributed by atoms with E-state index >= 15 is 0 Å². The van der Waals surface area contributed by atoms with Gasteiger partial charge >= 0.3 is 0 Å². The number of rotatable bonds is 7. The Balaban J connectivity index is 0.00000323. The van der Waals surface area contributed by atoms with Crippen LogP contribution in [0.25, 0.3) is 11.0 Å². The van der Waals surface area contributed by atoms with Crippen LogP contribution in [0, 0.1) is 5.82 Å². The van der Waals surface area contributed by atoms with Crippen molar-refractivity contribution in [2.45, 2.75) is 20.5 Å². The van der Waals surface area contributed by atoms with Gasteiger partial charge in [0.25, 0.3) is 5.91 Å². The molecule has 0 radical (unpaired) electrons. The Morgan fingerprint density at radius 3 is 2.77 bits per heavy atom. The van der Waals surface area contributed by atoms with E-state index in [-0.39, 0.29) is 38.9 Å². The maximum atomic E-state index is 14.5. The minimum absolute atomic E-state index is 0. The summed E-state index contributed by atoms with van der Waals surface area (Å²) >= 11 is 0. The monoisotopic (exact) mass is 550 g/mol. The quantitative estimate of drug-likeness (QED) is 0.350. The van der Waals surface area contributed by atoms with Gasteiger partial charge in [-0.25, -0.2) is 14.1 Å². The second-order valence-electron chi connectivity index (χ2n) is 9.37. The summed E-state index contributed by atoms with van der Waals surface area (Å²) in [7, 11) is 0. The number of nitrogens with one attached hydrogen (secondary N) is 2. The van der Waals surface area contributed by atoms with Gasteiger partial charge in [-0.15, -0.1) is 0 Å². The van der Waals surface area contributed by atoms with Crippen molar-refractivity contribution in [1.82, 2.24) is 39.7 Å². The van der Waals surface area contributed by atoms with Crippen LogP contribution in [0.1, 0.15) is 13.0 Å². The summed E-state index contributed by atoms with van der Waals surface area (Å²) in [5.74, 6) is -0.299.